The second-order valence-electron chi connectivity index (χ2n) is 7.32. The van der Waals surface area contributed by atoms with E-state index in [0.29, 0.717) is 5.56 Å². The fourth-order valence-electron chi connectivity index (χ4n) is 3.81. The molecule has 1 aliphatic heterocycles. The molecule has 3 aromatic carbocycles. The molecule has 156 valence electrons. The first-order chi connectivity index (χ1) is 14.5. The fourth-order valence-corrected chi connectivity index (χ4v) is 5.42. The van der Waals surface area contributed by atoms with Crippen LogP contribution in [0, 0.1) is 0 Å². The van der Waals surface area contributed by atoms with Crippen molar-refractivity contribution in [1.82, 2.24) is 9.62 Å². The molecule has 1 N–H and O–H groups in total. The Morgan fingerprint density at radius 2 is 1.77 bits per heavy atom. The Bertz CT molecular complexity index is 1180. The molecular formula is C23H24N2O3S2. The van der Waals surface area contributed by atoms with E-state index in [1.54, 1.807) is 17.0 Å². The van der Waals surface area contributed by atoms with E-state index in [9.17, 15) is 13.2 Å². The largest absolute Gasteiger partial charge is 0.339 e. The molecule has 1 aliphatic rings. The number of nitrogens with one attached hydrogen (secondary N) is 1. The quantitative estimate of drug-likeness (QED) is 0.581. The van der Waals surface area contributed by atoms with Crippen LogP contribution < -0.4 is 4.72 Å². The SMILES string of the molecule is CSc1ccc(S(=O)(=O)NCc2cccc3ccccc23)cc1C(=O)N1CCCC1. The third kappa shape index (κ3) is 4.24. The van der Waals surface area contributed by atoms with Gasteiger partial charge in [-0.25, -0.2) is 13.1 Å². The van der Waals surface area contributed by atoms with Crippen LogP contribution in [0.25, 0.3) is 10.8 Å². The Balaban J connectivity index is 1.60. The number of hydrogen-bond acceptors (Lipinski definition) is 4. The van der Waals surface area contributed by atoms with Gasteiger partial charge in [0, 0.05) is 24.5 Å². The van der Waals surface area contributed by atoms with Gasteiger partial charge in [0.2, 0.25) is 10.0 Å². The normalized spacial score (nSPS) is 14.4. The second-order valence-corrected chi connectivity index (χ2v) is 9.94. The number of benzene rings is 3. The number of nitrogens with zero attached hydrogens (tertiary/aromatic N) is 1. The van der Waals surface area contributed by atoms with E-state index in [1.165, 1.54) is 17.8 Å². The molecule has 0 radical (unpaired) electrons. The molecule has 1 amide bonds. The summed E-state index contributed by atoms with van der Waals surface area (Å²) in [5.41, 5.74) is 1.36. The number of amides is 1. The maximum atomic E-state index is 13.0. The van der Waals surface area contributed by atoms with Crippen LogP contribution in [0.2, 0.25) is 0 Å². The van der Waals surface area contributed by atoms with Crippen LogP contribution in [0.5, 0.6) is 0 Å². The number of hydrogen-bond donors (Lipinski definition) is 1. The molecule has 0 bridgehead atoms. The summed E-state index contributed by atoms with van der Waals surface area (Å²) in [5, 5.41) is 2.09. The summed E-state index contributed by atoms with van der Waals surface area (Å²) in [6.07, 6.45) is 3.87. The van der Waals surface area contributed by atoms with Crippen molar-refractivity contribution in [3.8, 4) is 0 Å². The van der Waals surface area contributed by atoms with Crippen LogP contribution in [-0.2, 0) is 16.6 Å². The summed E-state index contributed by atoms with van der Waals surface area (Å²) in [4.78, 5) is 15.6. The van der Waals surface area contributed by atoms with Crippen molar-refractivity contribution in [2.24, 2.45) is 0 Å². The number of sulfonamides is 1. The van der Waals surface area contributed by atoms with Crippen LogP contribution in [0.4, 0.5) is 0 Å². The van der Waals surface area contributed by atoms with Crippen LogP contribution in [0.1, 0.15) is 28.8 Å². The first kappa shape index (κ1) is 20.9. The van der Waals surface area contributed by atoms with Crippen LogP contribution in [0.15, 0.2) is 70.5 Å². The number of carbonyl (C=O) groups is 1. The lowest BCUT2D eigenvalue weighted by Crippen LogP contribution is -2.29. The zero-order valence-corrected chi connectivity index (χ0v) is 18.4. The lowest BCUT2D eigenvalue weighted by Gasteiger charge is -2.18. The predicted molar refractivity (Wildman–Crippen MR) is 121 cm³/mol. The molecule has 0 unspecified atom stereocenters. The Kier molecular flexibility index (Phi) is 6.13. The minimum Gasteiger partial charge on any atom is -0.339 e. The number of rotatable bonds is 6. The fraction of sp³-hybridized carbons (Fsp3) is 0.261. The number of likely N-dealkylation sites (tertiary alicyclic amines) is 1. The number of carbonyl (C=O) groups excluding carboxylic acids is 1. The zero-order chi connectivity index (χ0) is 21.1. The lowest BCUT2D eigenvalue weighted by atomic mass is 10.1. The van der Waals surface area contributed by atoms with Gasteiger partial charge in [0.25, 0.3) is 5.91 Å². The average Bonchev–Trinajstić information content (AvgIpc) is 3.31. The number of thioether (sulfide) groups is 1. The molecule has 1 heterocycles. The van der Waals surface area contributed by atoms with E-state index >= 15 is 0 Å². The molecule has 4 rings (SSSR count). The molecule has 30 heavy (non-hydrogen) atoms. The Morgan fingerprint density at radius 1 is 1.03 bits per heavy atom. The van der Waals surface area contributed by atoms with Crippen molar-refractivity contribution in [2.75, 3.05) is 19.3 Å². The molecule has 7 heteroatoms. The highest BCUT2D eigenvalue weighted by molar-refractivity contribution is 7.98. The predicted octanol–water partition coefficient (Wildman–Crippen LogP) is 4.28. The van der Waals surface area contributed by atoms with Gasteiger partial charge >= 0.3 is 0 Å². The molecular weight excluding hydrogens is 416 g/mol. The molecule has 5 nitrogen and oxygen atoms in total. The maximum Gasteiger partial charge on any atom is 0.255 e. The topological polar surface area (TPSA) is 66.5 Å². The summed E-state index contributed by atoms with van der Waals surface area (Å²) >= 11 is 1.45. The lowest BCUT2D eigenvalue weighted by molar-refractivity contribution is 0.0789. The van der Waals surface area contributed by atoms with Crippen LogP contribution in [-0.4, -0.2) is 38.6 Å². The van der Waals surface area contributed by atoms with Gasteiger partial charge < -0.3 is 4.90 Å². The first-order valence-corrected chi connectivity index (χ1v) is 12.6. The summed E-state index contributed by atoms with van der Waals surface area (Å²) in [7, 11) is -3.76. The highest BCUT2D eigenvalue weighted by Crippen LogP contribution is 2.27. The summed E-state index contributed by atoms with van der Waals surface area (Å²) < 4.78 is 28.7. The van der Waals surface area contributed by atoms with Crippen LogP contribution >= 0.6 is 11.8 Å². The van der Waals surface area contributed by atoms with Gasteiger partial charge in [0.1, 0.15) is 0 Å². The molecule has 0 aliphatic carbocycles. The molecule has 0 atom stereocenters. The summed E-state index contributed by atoms with van der Waals surface area (Å²) in [6.45, 7) is 1.63. The van der Waals surface area contributed by atoms with E-state index < -0.39 is 10.0 Å². The van der Waals surface area contributed by atoms with Gasteiger partial charge in [0.05, 0.1) is 10.5 Å². The average molecular weight is 441 g/mol. The third-order valence-corrected chi connectivity index (χ3v) is 7.63. The highest BCUT2D eigenvalue weighted by Gasteiger charge is 2.24. The molecule has 3 aromatic rings. The molecule has 0 aromatic heterocycles. The van der Waals surface area contributed by atoms with E-state index in [1.807, 2.05) is 48.7 Å². The molecule has 1 fully saturated rings. The molecule has 1 saturated heterocycles. The summed E-state index contributed by atoms with van der Waals surface area (Å²) in [6, 6.07) is 18.5. The molecule has 0 spiro atoms. The monoisotopic (exact) mass is 440 g/mol. The highest BCUT2D eigenvalue weighted by atomic mass is 32.2. The van der Waals surface area contributed by atoms with E-state index in [2.05, 4.69) is 4.72 Å². The van der Waals surface area contributed by atoms with Gasteiger partial charge in [-0.1, -0.05) is 42.5 Å². The minimum atomic E-state index is -3.76. The smallest absolute Gasteiger partial charge is 0.255 e. The minimum absolute atomic E-state index is 0.0945. The van der Waals surface area contributed by atoms with Gasteiger partial charge in [-0.3, -0.25) is 4.79 Å². The Hall–Kier alpha value is -2.35. The van der Waals surface area contributed by atoms with Crippen molar-refractivity contribution in [3.05, 3.63) is 71.8 Å². The second kappa shape index (κ2) is 8.79. The van der Waals surface area contributed by atoms with Gasteiger partial charge in [0.15, 0.2) is 0 Å². The van der Waals surface area contributed by atoms with Crippen LogP contribution in [0.3, 0.4) is 0 Å². The van der Waals surface area contributed by atoms with Gasteiger partial charge in [-0.2, -0.15) is 0 Å². The van der Waals surface area contributed by atoms with Gasteiger partial charge in [-0.05, 0) is 53.6 Å². The Labute approximate surface area is 181 Å². The Morgan fingerprint density at radius 3 is 2.53 bits per heavy atom. The van der Waals surface area contributed by atoms with Crippen molar-refractivity contribution in [3.63, 3.8) is 0 Å². The zero-order valence-electron chi connectivity index (χ0n) is 16.8. The first-order valence-electron chi connectivity index (χ1n) is 9.93. The van der Waals surface area contributed by atoms with Crippen molar-refractivity contribution < 1.29 is 13.2 Å². The van der Waals surface area contributed by atoms with E-state index in [4.69, 9.17) is 0 Å². The van der Waals surface area contributed by atoms with Crippen molar-refractivity contribution >= 4 is 38.5 Å². The number of fused-ring (bicyclic) bond motifs is 1. The molecule has 0 saturated carbocycles. The van der Waals surface area contributed by atoms with E-state index in [0.717, 1.165) is 47.2 Å². The van der Waals surface area contributed by atoms with Crippen molar-refractivity contribution in [1.29, 1.82) is 0 Å². The summed E-state index contributed by atoms with van der Waals surface area (Å²) in [5.74, 6) is -0.0945. The maximum absolute atomic E-state index is 13.0. The van der Waals surface area contributed by atoms with E-state index in [-0.39, 0.29) is 17.3 Å². The standard InChI is InChI=1S/C23H24N2O3S2/c1-29-22-12-11-19(15-21(22)23(26)25-13-4-5-14-25)30(27,28)24-16-18-9-6-8-17-7-2-3-10-20(17)18/h2-3,6-12,15,24H,4-5,13-14,16H2,1H3. The third-order valence-electron chi connectivity index (χ3n) is 5.44. The van der Waals surface area contributed by atoms with Crippen molar-refractivity contribution in [2.45, 2.75) is 29.2 Å². The van der Waals surface area contributed by atoms with Gasteiger partial charge in [-0.15, -0.1) is 11.8 Å².